The summed E-state index contributed by atoms with van der Waals surface area (Å²) in [5, 5.41) is 0. The third kappa shape index (κ3) is 9.07. The highest BCUT2D eigenvalue weighted by atomic mass is 32.2. The van der Waals surface area contributed by atoms with Crippen LogP contribution < -0.4 is 0 Å². The first-order chi connectivity index (χ1) is 21.2. The molecule has 2 unspecified atom stereocenters. The first-order valence-electron chi connectivity index (χ1n) is 17.1. The summed E-state index contributed by atoms with van der Waals surface area (Å²) in [4.78, 5) is 0.717. The highest BCUT2D eigenvalue weighted by molar-refractivity contribution is 7.89. The molecule has 3 rings (SSSR count). The lowest BCUT2D eigenvalue weighted by atomic mass is 9.83. The Hall–Kier alpha value is -1.78. The van der Waals surface area contributed by atoms with Gasteiger partial charge in [-0.2, -0.15) is 4.31 Å². The zero-order chi connectivity index (χ0) is 36.0. The maximum atomic E-state index is 14.5. The predicted octanol–water partition coefficient (Wildman–Crippen LogP) is 8.44. The molecule has 47 heavy (non-hydrogen) atoms. The van der Waals surface area contributed by atoms with E-state index in [4.69, 9.17) is 4.74 Å². The molecule has 9 heteroatoms. The van der Waals surface area contributed by atoms with Crippen molar-refractivity contribution in [1.29, 1.82) is 0 Å². The number of sulfonamides is 2. The van der Waals surface area contributed by atoms with Crippen LogP contribution in [0.2, 0.25) is 0 Å². The number of ether oxygens (including phenoxy) is 1. The second-order valence-electron chi connectivity index (χ2n) is 17.6. The average Bonchev–Trinajstić information content (AvgIpc) is 2.93. The summed E-state index contributed by atoms with van der Waals surface area (Å²) in [6, 6.07) is 11.5. The first-order valence-corrected chi connectivity index (χ1v) is 20.0. The van der Waals surface area contributed by atoms with E-state index in [-0.39, 0.29) is 16.7 Å². The Morgan fingerprint density at radius 2 is 1.34 bits per heavy atom. The van der Waals surface area contributed by atoms with Crippen LogP contribution in [0.15, 0.2) is 46.2 Å². The van der Waals surface area contributed by atoms with Crippen LogP contribution in [0.5, 0.6) is 0 Å². The van der Waals surface area contributed by atoms with Crippen molar-refractivity contribution < 1.29 is 21.6 Å². The molecule has 2 aromatic carbocycles. The topological polar surface area (TPSA) is 84.0 Å². The minimum Gasteiger partial charge on any atom is -0.378 e. The molecule has 0 amide bonds. The Morgan fingerprint density at radius 3 is 1.87 bits per heavy atom. The molecule has 1 fully saturated rings. The number of rotatable bonds is 10. The van der Waals surface area contributed by atoms with Crippen LogP contribution >= 0.6 is 0 Å². The maximum absolute atomic E-state index is 14.5. The lowest BCUT2D eigenvalue weighted by molar-refractivity contribution is -0.0223. The van der Waals surface area contributed by atoms with E-state index in [2.05, 4.69) is 47.6 Å². The van der Waals surface area contributed by atoms with E-state index in [0.29, 0.717) is 54.9 Å². The lowest BCUT2D eigenvalue weighted by Gasteiger charge is -2.44. The standard InChI is InChI=1S/C38H62N2O5S2/c1-27(2)29-15-17-34(31(23-29)36(7,8)9)47(43,44)40-21-22-45-26-38(40,13)20-19-28(3)30-16-18-33(32(24-30)37(10,11)12)46(41,42)39(14)25-35(4,5)6/h15-18,23-24,27-28H,19-22,25-26H2,1-14H3. The summed E-state index contributed by atoms with van der Waals surface area (Å²) in [6.45, 7) is 28.2. The molecule has 2 atom stereocenters. The average molecular weight is 691 g/mol. The molecule has 0 N–H and O–H groups in total. The van der Waals surface area contributed by atoms with Crippen molar-refractivity contribution in [2.75, 3.05) is 33.4 Å². The van der Waals surface area contributed by atoms with Crippen molar-refractivity contribution in [2.24, 2.45) is 5.41 Å². The van der Waals surface area contributed by atoms with Crippen molar-refractivity contribution in [1.82, 2.24) is 8.61 Å². The monoisotopic (exact) mass is 690 g/mol. The van der Waals surface area contributed by atoms with E-state index in [9.17, 15) is 16.8 Å². The van der Waals surface area contributed by atoms with Gasteiger partial charge in [0.1, 0.15) is 0 Å². The molecule has 0 radical (unpaired) electrons. The molecular weight excluding hydrogens is 629 g/mol. The van der Waals surface area contributed by atoms with Crippen molar-refractivity contribution in [3.05, 3.63) is 58.7 Å². The molecule has 0 aliphatic carbocycles. The van der Waals surface area contributed by atoms with Gasteiger partial charge < -0.3 is 4.74 Å². The van der Waals surface area contributed by atoms with Crippen LogP contribution in [0.25, 0.3) is 0 Å². The van der Waals surface area contributed by atoms with Gasteiger partial charge in [-0.3, -0.25) is 0 Å². The van der Waals surface area contributed by atoms with Crippen LogP contribution in [0.1, 0.15) is 137 Å². The first kappa shape index (κ1) is 39.7. The van der Waals surface area contributed by atoms with E-state index in [0.717, 1.165) is 22.3 Å². The number of hydrogen-bond acceptors (Lipinski definition) is 5. The fraction of sp³-hybridized carbons (Fsp3) is 0.684. The zero-order valence-electron chi connectivity index (χ0n) is 31.6. The van der Waals surface area contributed by atoms with Gasteiger partial charge in [-0.25, -0.2) is 21.1 Å². The fourth-order valence-corrected chi connectivity index (χ4v) is 10.4. The summed E-state index contributed by atoms with van der Waals surface area (Å²) in [5.41, 5.74) is 2.14. The SMILES string of the molecule is CC(C)c1ccc(S(=O)(=O)N2CCOCC2(C)CCC(C)c2ccc(S(=O)(=O)N(C)CC(C)(C)C)c(C(C)(C)C)c2)c(C(C)(C)C)c1. The van der Waals surface area contributed by atoms with E-state index >= 15 is 0 Å². The lowest BCUT2D eigenvalue weighted by Crippen LogP contribution is -2.57. The number of benzene rings is 2. The van der Waals surface area contributed by atoms with Crippen molar-refractivity contribution in [2.45, 2.75) is 141 Å². The van der Waals surface area contributed by atoms with Crippen LogP contribution in [0.3, 0.4) is 0 Å². The summed E-state index contributed by atoms with van der Waals surface area (Å²) in [5.74, 6) is 0.360. The molecule has 1 heterocycles. The molecule has 7 nitrogen and oxygen atoms in total. The minimum absolute atomic E-state index is 0.0684. The molecule has 0 spiro atoms. The zero-order valence-corrected chi connectivity index (χ0v) is 33.2. The van der Waals surface area contributed by atoms with Gasteiger partial charge >= 0.3 is 0 Å². The molecule has 266 valence electrons. The van der Waals surface area contributed by atoms with Gasteiger partial charge in [-0.1, -0.05) is 107 Å². The Balaban J connectivity index is 1.96. The van der Waals surface area contributed by atoms with Gasteiger partial charge in [0.2, 0.25) is 20.0 Å². The highest BCUT2D eigenvalue weighted by Gasteiger charge is 2.44. The van der Waals surface area contributed by atoms with Gasteiger partial charge in [0.05, 0.1) is 28.5 Å². The van der Waals surface area contributed by atoms with Gasteiger partial charge in [0.15, 0.2) is 0 Å². The second kappa shape index (κ2) is 13.9. The second-order valence-corrected chi connectivity index (χ2v) is 21.4. The summed E-state index contributed by atoms with van der Waals surface area (Å²) >= 11 is 0. The van der Waals surface area contributed by atoms with Crippen LogP contribution in [-0.4, -0.2) is 64.3 Å². The Bertz CT molecular complexity index is 1630. The molecule has 0 saturated carbocycles. The van der Waals surface area contributed by atoms with Crippen molar-refractivity contribution in [3.63, 3.8) is 0 Å². The van der Waals surface area contributed by atoms with Crippen LogP contribution in [0, 0.1) is 5.41 Å². The van der Waals surface area contributed by atoms with Gasteiger partial charge in [0.25, 0.3) is 0 Å². The summed E-state index contributed by atoms with van der Waals surface area (Å²) in [6.07, 6.45) is 1.31. The van der Waals surface area contributed by atoms with Gasteiger partial charge in [-0.15, -0.1) is 0 Å². The molecule has 0 aromatic heterocycles. The van der Waals surface area contributed by atoms with E-state index < -0.39 is 31.0 Å². The van der Waals surface area contributed by atoms with Gasteiger partial charge in [0, 0.05) is 20.1 Å². The quantitative estimate of drug-likeness (QED) is 0.250. The van der Waals surface area contributed by atoms with Crippen LogP contribution in [0.4, 0.5) is 0 Å². The number of hydrogen-bond donors (Lipinski definition) is 0. The Labute approximate surface area is 287 Å². The molecule has 1 aliphatic rings. The van der Waals surface area contributed by atoms with Gasteiger partial charge in [-0.05, 0) is 82.2 Å². The highest BCUT2D eigenvalue weighted by Crippen LogP contribution is 2.40. The van der Waals surface area contributed by atoms with E-state index in [1.54, 1.807) is 23.5 Å². The smallest absolute Gasteiger partial charge is 0.244 e. The number of morpholine rings is 1. The normalized spacial score (nSPS) is 19.8. The maximum Gasteiger partial charge on any atom is 0.244 e. The molecular formula is C38H62N2O5S2. The third-order valence-electron chi connectivity index (χ3n) is 9.38. The minimum atomic E-state index is -3.83. The fourth-order valence-electron chi connectivity index (χ4n) is 6.51. The van der Waals surface area contributed by atoms with E-state index in [1.165, 1.54) is 4.31 Å². The molecule has 1 saturated heterocycles. The number of nitrogens with zero attached hydrogens (tertiary/aromatic N) is 2. The van der Waals surface area contributed by atoms with Crippen molar-refractivity contribution >= 4 is 20.0 Å². The Kier molecular flexibility index (Phi) is 11.7. The molecule has 2 aromatic rings. The molecule has 1 aliphatic heterocycles. The largest absolute Gasteiger partial charge is 0.378 e. The predicted molar refractivity (Wildman–Crippen MR) is 194 cm³/mol. The van der Waals surface area contributed by atoms with E-state index in [1.807, 2.05) is 66.7 Å². The van der Waals surface area contributed by atoms with Crippen LogP contribution in [-0.2, 0) is 35.6 Å². The summed E-state index contributed by atoms with van der Waals surface area (Å²) < 4.78 is 65.6. The molecule has 0 bridgehead atoms. The summed E-state index contributed by atoms with van der Waals surface area (Å²) in [7, 11) is -5.87. The third-order valence-corrected chi connectivity index (χ3v) is 13.4. The van der Waals surface area contributed by atoms with Crippen molar-refractivity contribution in [3.8, 4) is 0 Å². The Morgan fingerprint density at radius 1 is 0.830 bits per heavy atom.